The zero-order chi connectivity index (χ0) is 22.5. The second-order valence-electron chi connectivity index (χ2n) is 7.04. The molecule has 0 saturated carbocycles. The fraction of sp³-hybridized carbons (Fsp3) is 0.526. The molecule has 1 aromatic heterocycles. The van der Waals surface area contributed by atoms with Gasteiger partial charge >= 0.3 is 5.97 Å². The molecule has 0 bridgehead atoms. The maximum absolute atomic E-state index is 11.2. The lowest BCUT2D eigenvalue weighted by Crippen LogP contribution is -2.60. The van der Waals surface area contributed by atoms with Crippen LogP contribution < -0.4 is 9.47 Å². The van der Waals surface area contributed by atoms with E-state index in [1.54, 1.807) is 19.3 Å². The summed E-state index contributed by atoms with van der Waals surface area (Å²) in [6, 6.07) is 4.64. The molecule has 4 N–H and O–H groups in total. The molecule has 3 rings (SSSR count). The van der Waals surface area contributed by atoms with E-state index in [2.05, 4.69) is 10.3 Å². The molecule has 170 valence electrons. The smallest absolute Gasteiger partial charge is 0.302 e. The van der Waals surface area contributed by atoms with Gasteiger partial charge < -0.3 is 39.4 Å². The summed E-state index contributed by atoms with van der Waals surface area (Å²) >= 11 is 0. The normalized spacial score (nSPS) is 25.8. The highest BCUT2D eigenvalue weighted by Gasteiger charge is 2.44. The Bertz CT molecular complexity index is 888. The molecule has 12 nitrogen and oxygen atoms in total. The third kappa shape index (κ3) is 5.68. The van der Waals surface area contributed by atoms with Gasteiger partial charge in [0.1, 0.15) is 54.8 Å². The van der Waals surface area contributed by atoms with Gasteiger partial charge in [0.15, 0.2) is 0 Å². The number of aryl methyl sites for hydroxylation is 1. The van der Waals surface area contributed by atoms with Crippen LogP contribution in [0, 0.1) is 0 Å². The minimum atomic E-state index is -1.56. The van der Waals surface area contributed by atoms with Crippen LogP contribution in [0.25, 0.3) is 0 Å². The highest BCUT2D eigenvalue weighted by atomic mass is 16.7. The van der Waals surface area contributed by atoms with E-state index in [9.17, 15) is 25.2 Å². The van der Waals surface area contributed by atoms with E-state index < -0.39 is 43.3 Å². The van der Waals surface area contributed by atoms with Gasteiger partial charge in [-0.3, -0.25) is 9.48 Å². The first-order valence-electron chi connectivity index (χ1n) is 9.50. The van der Waals surface area contributed by atoms with Crippen LogP contribution in [0.3, 0.4) is 0 Å². The van der Waals surface area contributed by atoms with Crippen molar-refractivity contribution >= 4 is 5.97 Å². The molecule has 1 aromatic carbocycles. The van der Waals surface area contributed by atoms with Gasteiger partial charge in [-0.25, -0.2) is 0 Å². The van der Waals surface area contributed by atoms with Crippen LogP contribution in [0.5, 0.6) is 11.5 Å². The number of aliphatic hydroxyl groups is 4. The third-order valence-corrected chi connectivity index (χ3v) is 4.60. The Morgan fingerprint density at radius 3 is 2.61 bits per heavy atom. The van der Waals surface area contributed by atoms with Crippen molar-refractivity contribution in [3.05, 3.63) is 35.7 Å². The van der Waals surface area contributed by atoms with Crippen molar-refractivity contribution in [1.29, 1.82) is 0 Å². The van der Waals surface area contributed by atoms with Crippen LogP contribution in [0.4, 0.5) is 0 Å². The molecule has 12 heteroatoms. The second-order valence-corrected chi connectivity index (χ2v) is 7.04. The molecule has 31 heavy (non-hydrogen) atoms. The van der Waals surface area contributed by atoms with Gasteiger partial charge in [-0.1, -0.05) is 5.21 Å². The van der Waals surface area contributed by atoms with E-state index in [0.29, 0.717) is 17.0 Å². The van der Waals surface area contributed by atoms with Crippen molar-refractivity contribution in [3.63, 3.8) is 0 Å². The summed E-state index contributed by atoms with van der Waals surface area (Å²) in [5.41, 5.74) is 1.13. The highest BCUT2D eigenvalue weighted by Crippen LogP contribution is 2.30. The van der Waals surface area contributed by atoms with Gasteiger partial charge in [0.25, 0.3) is 0 Å². The summed E-state index contributed by atoms with van der Waals surface area (Å²) in [5, 5.41) is 47.0. The molecule has 0 radical (unpaired) electrons. The van der Waals surface area contributed by atoms with Gasteiger partial charge in [-0.2, -0.15) is 0 Å². The molecule has 0 spiro atoms. The summed E-state index contributed by atoms with van der Waals surface area (Å²) in [7, 11) is 1.72. The first-order chi connectivity index (χ1) is 14.8. The molecule has 1 aliphatic heterocycles. The van der Waals surface area contributed by atoms with Gasteiger partial charge in [-0.15, -0.1) is 5.10 Å². The topological polar surface area (TPSA) is 166 Å². The lowest BCUT2D eigenvalue weighted by atomic mass is 9.99. The number of hydrogen-bond acceptors (Lipinski definition) is 11. The number of rotatable bonds is 8. The van der Waals surface area contributed by atoms with Gasteiger partial charge in [0.2, 0.25) is 6.29 Å². The van der Waals surface area contributed by atoms with Gasteiger partial charge in [0.05, 0.1) is 12.8 Å². The third-order valence-electron chi connectivity index (χ3n) is 4.60. The first kappa shape index (κ1) is 22.9. The maximum Gasteiger partial charge on any atom is 0.302 e. The average molecular weight is 439 g/mol. The number of aromatic nitrogens is 3. The summed E-state index contributed by atoms with van der Waals surface area (Å²) in [5.74, 6) is 0.0839. The predicted octanol–water partition coefficient (Wildman–Crippen LogP) is -1.36. The maximum atomic E-state index is 11.2. The Balaban J connectivity index is 1.77. The largest absolute Gasteiger partial charge is 0.487 e. The van der Waals surface area contributed by atoms with Crippen molar-refractivity contribution in [2.24, 2.45) is 7.05 Å². The Hall–Kier alpha value is -2.77. The minimum Gasteiger partial charge on any atom is -0.487 e. The van der Waals surface area contributed by atoms with Crippen LogP contribution in [-0.2, 0) is 34.5 Å². The summed E-state index contributed by atoms with van der Waals surface area (Å²) in [6.07, 6.45) is -5.37. The number of ether oxygens (including phenoxy) is 4. The molecule has 1 fully saturated rings. The van der Waals surface area contributed by atoms with E-state index in [4.69, 9.17) is 18.9 Å². The number of esters is 1. The van der Waals surface area contributed by atoms with Crippen molar-refractivity contribution in [3.8, 4) is 11.5 Å². The first-order valence-corrected chi connectivity index (χ1v) is 9.50. The molecule has 0 aliphatic carbocycles. The second kappa shape index (κ2) is 10.0. The Kier molecular flexibility index (Phi) is 7.41. The van der Waals surface area contributed by atoms with Gasteiger partial charge in [0, 0.05) is 25.6 Å². The van der Waals surface area contributed by atoms with Crippen LogP contribution in [0.1, 0.15) is 18.2 Å². The summed E-state index contributed by atoms with van der Waals surface area (Å²) in [4.78, 5) is 11.2. The predicted molar refractivity (Wildman–Crippen MR) is 102 cm³/mol. The van der Waals surface area contributed by atoms with E-state index >= 15 is 0 Å². The molecule has 1 aliphatic rings. The molecule has 0 unspecified atom stereocenters. The standard InChI is InChI=1S/C19H25N3O9/c1-10(24)28-8-11-3-4-13(5-14(11)29-9-12-6-22(2)21-20-12)30-19-18(27)17(26)16(25)15(7-23)31-19/h3-6,15-19,23,25-27H,7-9H2,1-2H3/t15-,16-,17+,18-,19-/m1/s1. The van der Waals surface area contributed by atoms with Crippen molar-refractivity contribution in [1.82, 2.24) is 15.0 Å². The van der Waals surface area contributed by atoms with Crippen LogP contribution >= 0.6 is 0 Å². The SMILES string of the molecule is CC(=O)OCc1ccc(O[C@@H]2O[C@H](CO)[C@@H](O)[C@H](O)[C@H]2O)cc1OCc1cn(C)nn1. The van der Waals surface area contributed by atoms with Gasteiger partial charge in [-0.05, 0) is 12.1 Å². The van der Waals surface area contributed by atoms with E-state index in [0.717, 1.165) is 0 Å². The number of aliphatic hydroxyl groups excluding tert-OH is 4. The Morgan fingerprint density at radius 1 is 1.19 bits per heavy atom. The van der Waals surface area contributed by atoms with Crippen LogP contribution in [0.15, 0.2) is 24.4 Å². The van der Waals surface area contributed by atoms with Crippen LogP contribution in [0.2, 0.25) is 0 Å². The molecular weight excluding hydrogens is 414 g/mol. The number of benzene rings is 1. The Morgan fingerprint density at radius 2 is 1.97 bits per heavy atom. The highest BCUT2D eigenvalue weighted by molar-refractivity contribution is 5.66. The minimum absolute atomic E-state index is 0.0362. The molecule has 2 aromatic rings. The number of nitrogens with zero attached hydrogens (tertiary/aromatic N) is 3. The molecule has 1 saturated heterocycles. The summed E-state index contributed by atoms with van der Waals surface area (Å²) in [6.45, 7) is 0.769. The van der Waals surface area contributed by atoms with E-state index in [1.165, 1.54) is 23.7 Å². The zero-order valence-corrected chi connectivity index (χ0v) is 17.0. The number of carbonyl (C=O) groups excluding carboxylic acids is 1. The fourth-order valence-corrected chi connectivity index (χ4v) is 2.95. The lowest BCUT2D eigenvalue weighted by Gasteiger charge is -2.39. The Labute approximate surface area is 177 Å². The van der Waals surface area contributed by atoms with E-state index in [1.807, 2.05) is 0 Å². The molecule has 0 amide bonds. The lowest BCUT2D eigenvalue weighted by molar-refractivity contribution is -0.277. The summed E-state index contributed by atoms with van der Waals surface area (Å²) < 4.78 is 23.3. The quantitative estimate of drug-likeness (QED) is 0.359. The van der Waals surface area contributed by atoms with Crippen molar-refractivity contribution in [2.45, 2.75) is 50.8 Å². The van der Waals surface area contributed by atoms with Crippen LogP contribution in [-0.4, -0.2) is 78.7 Å². The monoisotopic (exact) mass is 439 g/mol. The molecule has 5 atom stereocenters. The number of hydrogen-bond donors (Lipinski definition) is 4. The zero-order valence-electron chi connectivity index (χ0n) is 17.0. The van der Waals surface area contributed by atoms with E-state index in [-0.39, 0.29) is 19.0 Å². The number of carbonyl (C=O) groups is 1. The molecular formula is C19H25N3O9. The van der Waals surface area contributed by atoms with Crippen molar-refractivity contribution in [2.75, 3.05) is 6.61 Å². The average Bonchev–Trinajstić information content (AvgIpc) is 3.16. The fourth-order valence-electron chi connectivity index (χ4n) is 2.95. The van der Waals surface area contributed by atoms with Crippen molar-refractivity contribution < 1.29 is 44.2 Å². The molecule has 2 heterocycles.